The number of esters is 1. The molecule has 0 aromatic carbocycles. The summed E-state index contributed by atoms with van der Waals surface area (Å²) in [5, 5.41) is 2.90. The minimum Gasteiger partial charge on any atom is -0.466 e. The van der Waals surface area contributed by atoms with Gasteiger partial charge in [0.1, 0.15) is 0 Å². The highest BCUT2D eigenvalue weighted by atomic mass is 32.1. The van der Waals surface area contributed by atoms with E-state index in [1.54, 1.807) is 11.3 Å². The van der Waals surface area contributed by atoms with Crippen LogP contribution in [0.25, 0.3) is 0 Å². The number of nitrogens with zero attached hydrogens (tertiary/aromatic N) is 2. The predicted molar refractivity (Wildman–Crippen MR) is 79.3 cm³/mol. The van der Waals surface area contributed by atoms with E-state index in [1.807, 2.05) is 12.3 Å². The van der Waals surface area contributed by atoms with Crippen LogP contribution in [-0.2, 0) is 20.7 Å². The van der Waals surface area contributed by atoms with Gasteiger partial charge >= 0.3 is 5.97 Å². The van der Waals surface area contributed by atoms with Crippen molar-refractivity contribution in [1.82, 2.24) is 4.98 Å². The maximum absolute atomic E-state index is 11.4. The monoisotopic (exact) mass is 298 g/mol. The smallest absolute Gasteiger partial charge is 0.311 e. The van der Waals surface area contributed by atoms with Crippen molar-refractivity contribution in [3.63, 3.8) is 0 Å². The zero-order chi connectivity index (χ0) is 14.4. The van der Waals surface area contributed by atoms with E-state index in [9.17, 15) is 4.79 Å². The Morgan fingerprint density at radius 2 is 2.45 bits per heavy atom. The van der Waals surface area contributed by atoms with Crippen LogP contribution >= 0.6 is 11.3 Å². The molecule has 0 N–H and O–H groups in total. The van der Waals surface area contributed by atoms with Crippen LogP contribution in [0.2, 0.25) is 0 Å². The predicted octanol–water partition coefficient (Wildman–Crippen LogP) is 2.25. The summed E-state index contributed by atoms with van der Waals surface area (Å²) in [6, 6.07) is 0. The molecule has 0 aliphatic carbocycles. The Hall–Kier alpha value is -1.14. The second kappa shape index (κ2) is 7.59. The summed E-state index contributed by atoms with van der Waals surface area (Å²) >= 11 is 1.58. The second-order valence-electron chi connectivity index (χ2n) is 4.78. The van der Waals surface area contributed by atoms with Gasteiger partial charge in [-0.3, -0.25) is 4.79 Å². The minimum absolute atomic E-state index is 0.216. The first-order chi connectivity index (χ1) is 9.72. The molecule has 1 aliphatic heterocycles. The summed E-state index contributed by atoms with van der Waals surface area (Å²) in [6.07, 6.45) is 2.83. The third-order valence-electron chi connectivity index (χ3n) is 3.27. The Kier molecular flexibility index (Phi) is 5.79. The molecule has 0 spiro atoms. The number of hydrogen-bond acceptors (Lipinski definition) is 6. The first kappa shape index (κ1) is 15.3. The molecule has 1 unspecified atom stereocenters. The van der Waals surface area contributed by atoms with Gasteiger partial charge in [-0.15, -0.1) is 11.3 Å². The van der Waals surface area contributed by atoms with Crippen molar-refractivity contribution in [3.8, 4) is 0 Å². The molecule has 20 heavy (non-hydrogen) atoms. The number of hydrogen-bond donors (Lipinski definition) is 0. The van der Waals surface area contributed by atoms with Crippen LogP contribution in [0.15, 0.2) is 5.38 Å². The third kappa shape index (κ3) is 4.18. The second-order valence-corrected chi connectivity index (χ2v) is 5.61. The molecule has 1 saturated heterocycles. The molecule has 5 nitrogen and oxygen atoms in total. The molecular formula is C14H22N2O3S. The average molecular weight is 298 g/mol. The third-order valence-corrected chi connectivity index (χ3v) is 4.22. The Balaban J connectivity index is 1.92. The van der Waals surface area contributed by atoms with Crippen molar-refractivity contribution in [2.24, 2.45) is 0 Å². The van der Waals surface area contributed by atoms with Crippen LogP contribution in [0.5, 0.6) is 0 Å². The molecule has 112 valence electrons. The van der Waals surface area contributed by atoms with E-state index in [0.717, 1.165) is 43.4 Å². The van der Waals surface area contributed by atoms with Gasteiger partial charge in [0, 0.05) is 25.1 Å². The Labute approximate surface area is 123 Å². The molecule has 2 rings (SSSR count). The fraction of sp³-hybridized carbons (Fsp3) is 0.714. The van der Waals surface area contributed by atoms with Crippen LogP contribution in [0.1, 0.15) is 32.4 Å². The van der Waals surface area contributed by atoms with E-state index < -0.39 is 0 Å². The number of ether oxygens (including phenoxy) is 2. The summed E-state index contributed by atoms with van der Waals surface area (Å²) in [4.78, 5) is 18.2. The first-order valence-electron chi connectivity index (χ1n) is 7.19. The number of likely N-dealkylation sites (N-methyl/N-ethyl adjacent to an activating group) is 1. The van der Waals surface area contributed by atoms with Gasteiger partial charge in [0.05, 0.1) is 24.8 Å². The molecule has 0 radical (unpaired) electrons. The van der Waals surface area contributed by atoms with Crippen molar-refractivity contribution < 1.29 is 14.3 Å². The molecule has 6 heteroatoms. The van der Waals surface area contributed by atoms with Crippen molar-refractivity contribution in [2.45, 2.75) is 39.2 Å². The van der Waals surface area contributed by atoms with Crippen molar-refractivity contribution in [2.75, 3.05) is 31.2 Å². The van der Waals surface area contributed by atoms with Gasteiger partial charge in [-0.05, 0) is 26.7 Å². The SMILES string of the molecule is CCOC(=O)Cc1csc(N(CC)CC2CCCO2)n1. The van der Waals surface area contributed by atoms with Gasteiger partial charge in [0.2, 0.25) is 0 Å². The summed E-state index contributed by atoms with van der Waals surface area (Å²) in [5.41, 5.74) is 0.786. The largest absolute Gasteiger partial charge is 0.466 e. The summed E-state index contributed by atoms with van der Waals surface area (Å²) in [6.45, 7) is 6.98. The van der Waals surface area contributed by atoms with Crippen molar-refractivity contribution >= 4 is 22.4 Å². The van der Waals surface area contributed by atoms with Crippen LogP contribution in [0.4, 0.5) is 5.13 Å². The number of anilines is 1. The molecule has 1 fully saturated rings. The van der Waals surface area contributed by atoms with Gasteiger partial charge < -0.3 is 14.4 Å². The van der Waals surface area contributed by atoms with Crippen LogP contribution in [-0.4, -0.2) is 43.4 Å². The summed E-state index contributed by atoms with van der Waals surface area (Å²) in [7, 11) is 0. The standard InChI is InChI=1S/C14H22N2O3S/c1-3-16(9-12-6-5-7-19-12)14-15-11(10-20-14)8-13(17)18-4-2/h10,12H,3-9H2,1-2H3. The number of aromatic nitrogens is 1. The van der Waals surface area contributed by atoms with Gasteiger partial charge in [0.25, 0.3) is 0 Å². The number of carbonyl (C=O) groups is 1. The number of rotatable bonds is 7. The van der Waals surface area contributed by atoms with E-state index in [4.69, 9.17) is 9.47 Å². The van der Waals surface area contributed by atoms with Gasteiger partial charge in [-0.25, -0.2) is 4.98 Å². The van der Waals surface area contributed by atoms with Crippen LogP contribution < -0.4 is 4.90 Å². The summed E-state index contributed by atoms with van der Waals surface area (Å²) in [5.74, 6) is -0.216. The van der Waals surface area contributed by atoms with Crippen molar-refractivity contribution in [3.05, 3.63) is 11.1 Å². The lowest BCUT2D eigenvalue weighted by molar-refractivity contribution is -0.142. The molecule has 1 aliphatic rings. The molecule has 1 aromatic heterocycles. The Morgan fingerprint density at radius 1 is 1.60 bits per heavy atom. The Morgan fingerprint density at radius 3 is 3.10 bits per heavy atom. The quantitative estimate of drug-likeness (QED) is 0.723. The van der Waals surface area contributed by atoms with Crippen molar-refractivity contribution in [1.29, 1.82) is 0 Å². The fourth-order valence-electron chi connectivity index (χ4n) is 2.26. The fourth-order valence-corrected chi connectivity index (χ4v) is 3.16. The van der Waals surface area contributed by atoms with E-state index in [2.05, 4.69) is 16.8 Å². The zero-order valence-corrected chi connectivity index (χ0v) is 12.9. The van der Waals surface area contributed by atoms with E-state index >= 15 is 0 Å². The highest BCUT2D eigenvalue weighted by Gasteiger charge is 2.20. The van der Waals surface area contributed by atoms with Gasteiger partial charge in [-0.1, -0.05) is 0 Å². The molecule has 1 atom stereocenters. The molecule has 2 heterocycles. The molecule has 1 aromatic rings. The lowest BCUT2D eigenvalue weighted by Crippen LogP contribution is -2.31. The lowest BCUT2D eigenvalue weighted by atomic mass is 10.2. The topological polar surface area (TPSA) is 51.7 Å². The Bertz CT molecular complexity index is 430. The summed E-state index contributed by atoms with van der Waals surface area (Å²) < 4.78 is 10.6. The van der Waals surface area contributed by atoms with Crippen LogP contribution in [0, 0.1) is 0 Å². The molecule has 0 saturated carbocycles. The van der Waals surface area contributed by atoms with E-state index in [-0.39, 0.29) is 12.4 Å². The highest BCUT2D eigenvalue weighted by molar-refractivity contribution is 7.13. The van der Waals surface area contributed by atoms with E-state index in [1.165, 1.54) is 0 Å². The lowest BCUT2D eigenvalue weighted by Gasteiger charge is -2.23. The average Bonchev–Trinajstić information content (AvgIpc) is 3.07. The number of carbonyl (C=O) groups excluding carboxylic acids is 1. The van der Waals surface area contributed by atoms with Gasteiger partial charge in [0.15, 0.2) is 5.13 Å². The normalized spacial score (nSPS) is 18.2. The highest BCUT2D eigenvalue weighted by Crippen LogP contribution is 2.23. The zero-order valence-electron chi connectivity index (χ0n) is 12.1. The molecule has 0 amide bonds. The molecular weight excluding hydrogens is 276 g/mol. The maximum atomic E-state index is 11.4. The molecule has 0 bridgehead atoms. The number of thiazole rings is 1. The van der Waals surface area contributed by atoms with E-state index in [0.29, 0.717) is 12.7 Å². The first-order valence-corrected chi connectivity index (χ1v) is 8.07. The maximum Gasteiger partial charge on any atom is 0.311 e. The minimum atomic E-state index is -0.216. The van der Waals surface area contributed by atoms with Crippen LogP contribution in [0.3, 0.4) is 0 Å². The van der Waals surface area contributed by atoms with Gasteiger partial charge in [-0.2, -0.15) is 0 Å².